The van der Waals surface area contributed by atoms with Gasteiger partial charge in [-0.3, -0.25) is 14.4 Å². The molecule has 0 aliphatic carbocycles. The van der Waals surface area contributed by atoms with Crippen molar-refractivity contribution in [2.45, 2.75) is 43.8 Å². The van der Waals surface area contributed by atoms with Crippen LogP contribution in [0, 0.1) is 11.8 Å². The Labute approximate surface area is 176 Å². The van der Waals surface area contributed by atoms with Gasteiger partial charge < -0.3 is 25.2 Å². The number of rotatable bonds is 8. The summed E-state index contributed by atoms with van der Waals surface area (Å²) in [6, 6.07) is 9.34. The molecule has 4 atom stereocenters. The highest BCUT2D eigenvalue weighted by Crippen LogP contribution is 2.54. The lowest BCUT2D eigenvalue weighted by molar-refractivity contribution is -0.137. The van der Waals surface area contributed by atoms with Crippen LogP contribution in [0.3, 0.4) is 0 Å². The van der Waals surface area contributed by atoms with Crippen LogP contribution in [0.4, 0.5) is 0 Å². The number of carbonyl (C=O) groups is 3. The molecule has 0 radical (unpaired) electrons. The Bertz CT molecular complexity index is 742. The fraction of sp³-hybridized carbons (Fsp3) is 0.591. The predicted octanol–water partition coefficient (Wildman–Crippen LogP) is 1.85. The van der Waals surface area contributed by atoms with Crippen LogP contribution >= 0.6 is 0 Å². The Balaban J connectivity index is 0.000000806. The van der Waals surface area contributed by atoms with E-state index < -0.39 is 5.97 Å². The van der Waals surface area contributed by atoms with Crippen LogP contribution in [-0.4, -0.2) is 71.3 Å². The van der Waals surface area contributed by atoms with Crippen molar-refractivity contribution in [3.63, 3.8) is 0 Å². The van der Waals surface area contributed by atoms with Crippen molar-refractivity contribution in [3.8, 4) is 0 Å². The maximum atomic E-state index is 12.4. The summed E-state index contributed by atoms with van der Waals surface area (Å²) >= 11 is 0. The number of carboxylic acid groups (broad SMARTS) is 2. The molecule has 1 amide bonds. The standard InChI is InChI=1S/C21H28N2O4.CH2O2/c24-19(25)8-4-5-11-23-13-17-16(18-9-10-21(17,14-23)27-18)12-22-20(26)15-6-2-1-3-7-15;2-1-3/h1-3,6-7,16-18H,4-5,8-14H2,(H,22,26)(H,24,25);1H,(H,2,3)/t16-,17+,18+,21+;/m0./s1. The van der Waals surface area contributed by atoms with Crippen molar-refractivity contribution < 1.29 is 29.3 Å². The van der Waals surface area contributed by atoms with Crippen LogP contribution in [0.25, 0.3) is 0 Å². The van der Waals surface area contributed by atoms with E-state index in [9.17, 15) is 9.59 Å². The van der Waals surface area contributed by atoms with E-state index in [4.69, 9.17) is 19.7 Å². The van der Waals surface area contributed by atoms with Crippen molar-refractivity contribution in [2.24, 2.45) is 11.8 Å². The maximum absolute atomic E-state index is 12.4. The second-order valence-corrected chi connectivity index (χ2v) is 8.30. The molecule has 3 heterocycles. The number of carbonyl (C=O) groups excluding carboxylic acids is 1. The number of likely N-dealkylation sites (tertiary alicyclic amines) is 1. The molecule has 30 heavy (non-hydrogen) atoms. The number of hydrogen-bond donors (Lipinski definition) is 3. The van der Waals surface area contributed by atoms with Crippen molar-refractivity contribution in [1.82, 2.24) is 10.2 Å². The molecule has 4 rings (SSSR count). The van der Waals surface area contributed by atoms with Crippen LogP contribution in [-0.2, 0) is 14.3 Å². The van der Waals surface area contributed by atoms with Gasteiger partial charge >= 0.3 is 5.97 Å². The fourth-order valence-electron chi connectivity index (χ4n) is 5.24. The van der Waals surface area contributed by atoms with Gasteiger partial charge in [0.05, 0.1) is 11.7 Å². The number of fused-ring (bicyclic) bond motifs is 1. The van der Waals surface area contributed by atoms with Gasteiger partial charge in [-0.2, -0.15) is 0 Å². The molecule has 2 bridgehead atoms. The molecule has 1 spiro atoms. The first-order valence-electron chi connectivity index (χ1n) is 10.5. The molecule has 0 aromatic heterocycles. The Morgan fingerprint density at radius 3 is 2.70 bits per heavy atom. The summed E-state index contributed by atoms with van der Waals surface area (Å²) in [5.74, 6) is 0.0984. The van der Waals surface area contributed by atoms with Crippen LogP contribution in [0.1, 0.15) is 42.5 Å². The number of unbranched alkanes of at least 4 members (excludes halogenated alkanes) is 1. The van der Waals surface area contributed by atoms with Gasteiger partial charge in [0, 0.05) is 43.5 Å². The summed E-state index contributed by atoms with van der Waals surface area (Å²) in [5.41, 5.74) is 0.655. The molecular weight excluding hydrogens is 388 g/mol. The number of amides is 1. The molecule has 1 aromatic carbocycles. The van der Waals surface area contributed by atoms with Gasteiger partial charge in [0.15, 0.2) is 0 Å². The highest BCUT2D eigenvalue weighted by atomic mass is 16.5. The molecule has 3 aliphatic rings. The number of nitrogens with one attached hydrogen (secondary N) is 1. The van der Waals surface area contributed by atoms with Crippen LogP contribution in [0.15, 0.2) is 30.3 Å². The molecule has 1 aromatic rings. The van der Waals surface area contributed by atoms with E-state index in [-0.39, 0.29) is 30.5 Å². The van der Waals surface area contributed by atoms with Crippen LogP contribution < -0.4 is 5.32 Å². The molecule has 3 aliphatic heterocycles. The summed E-state index contributed by atoms with van der Waals surface area (Å²) in [5, 5.41) is 18.8. The van der Waals surface area contributed by atoms with Gasteiger partial charge in [-0.1, -0.05) is 18.2 Å². The summed E-state index contributed by atoms with van der Waals surface area (Å²) in [6.45, 7) is 3.29. The zero-order valence-electron chi connectivity index (χ0n) is 17.0. The molecule has 3 saturated heterocycles. The van der Waals surface area contributed by atoms with E-state index in [1.807, 2.05) is 30.3 Å². The monoisotopic (exact) mass is 418 g/mol. The minimum absolute atomic E-state index is 0.0176. The molecule has 0 saturated carbocycles. The average molecular weight is 418 g/mol. The molecule has 3 N–H and O–H groups in total. The lowest BCUT2D eigenvalue weighted by atomic mass is 9.73. The van der Waals surface area contributed by atoms with Crippen molar-refractivity contribution in [2.75, 3.05) is 26.2 Å². The van der Waals surface area contributed by atoms with Gasteiger partial charge in [0.25, 0.3) is 12.4 Å². The highest BCUT2D eigenvalue weighted by Gasteiger charge is 2.62. The smallest absolute Gasteiger partial charge is 0.303 e. The molecule has 3 fully saturated rings. The lowest BCUT2D eigenvalue weighted by Crippen LogP contribution is -2.41. The van der Waals surface area contributed by atoms with E-state index in [1.54, 1.807) is 0 Å². The van der Waals surface area contributed by atoms with Crippen LogP contribution in [0.5, 0.6) is 0 Å². The number of benzene rings is 1. The van der Waals surface area contributed by atoms with Gasteiger partial charge in [0.1, 0.15) is 0 Å². The average Bonchev–Trinajstić information content (AvgIpc) is 3.39. The highest BCUT2D eigenvalue weighted by molar-refractivity contribution is 5.94. The first-order chi connectivity index (χ1) is 14.5. The molecule has 8 heteroatoms. The number of ether oxygens (including phenoxy) is 1. The normalized spacial score (nSPS) is 29.0. The number of carboxylic acids is 1. The number of hydrogen-bond acceptors (Lipinski definition) is 5. The summed E-state index contributed by atoms with van der Waals surface area (Å²) in [6.07, 6.45) is 4.33. The molecule has 164 valence electrons. The van der Waals surface area contributed by atoms with Crippen molar-refractivity contribution in [1.29, 1.82) is 0 Å². The van der Waals surface area contributed by atoms with Gasteiger partial charge in [-0.15, -0.1) is 0 Å². The van der Waals surface area contributed by atoms with Crippen LogP contribution in [0.2, 0.25) is 0 Å². The summed E-state index contributed by atoms with van der Waals surface area (Å²) < 4.78 is 6.42. The third-order valence-corrected chi connectivity index (χ3v) is 6.50. The third kappa shape index (κ3) is 4.99. The Morgan fingerprint density at radius 1 is 1.27 bits per heavy atom. The van der Waals surface area contributed by atoms with Gasteiger partial charge in [-0.05, 0) is 44.4 Å². The van der Waals surface area contributed by atoms with E-state index in [2.05, 4.69) is 10.2 Å². The first-order valence-corrected chi connectivity index (χ1v) is 10.5. The van der Waals surface area contributed by atoms with Gasteiger partial charge in [0.2, 0.25) is 0 Å². The van der Waals surface area contributed by atoms with Crippen molar-refractivity contribution in [3.05, 3.63) is 35.9 Å². The quantitative estimate of drug-likeness (QED) is 0.436. The Hall–Kier alpha value is -2.45. The molecular formula is C22H30N2O6. The summed E-state index contributed by atoms with van der Waals surface area (Å²) in [4.78, 5) is 33.8. The molecule has 8 nitrogen and oxygen atoms in total. The van der Waals surface area contributed by atoms with E-state index >= 15 is 0 Å². The zero-order chi connectivity index (χ0) is 21.6. The minimum atomic E-state index is -0.719. The lowest BCUT2D eigenvalue weighted by Gasteiger charge is -2.29. The topological polar surface area (TPSA) is 116 Å². The predicted molar refractivity (Wildman–Crippen MR) is 109 cm³/mol. The third-order valence-electron chi connectivity index (χ3n) is 6.50. The maximum Gasteiger partial charge on any atom is 0.303 e. The van der Waals surface area contributed by atoms with E-state index in [1.165, 1.54) is 0 Å². The molecule has 0 unspecified atom stereocenters. The Kier molecular flexibility index (Phi) is 7.44. The van der Waals surface area contributed by atoms with Gasteiger partial charge in [-0.25, -0.2) is 0 Å². The Morgan fingerprint density at radius 2 is 2.00 bits per heavy atom. The number of aliphatic carboxylic acids is 1. The van der Waals surface area contributed by atoms with E-state index in [0.29, 0.717) is 23.9 Å². The second kappa shape index (κ2) is 10.0. The number of nitrogens with zero attached hydrogens (tertiary/aromatic N) is 1. The zero-order valence-corrected chi connectivity index (χ0v) is 17.0. The minimum Gasteiger partial charge on any atom is -0.483 e. The summed E-state index contributed by atoms with van der Waals surface area (Å²) in [7, 11) is 0. The SMILES string of the molecule is O=C(O)CCCCN1C[C@@H]2[C@H](CNC(=O)c3ccccc3)[C@H]3CC[C@]2(C1)O3.O=CO. The largest absolute Gasteiger partial charge is 0.483 e. The van der Waals surface area contributed by atoms with E-state index in [0.717, 1.165) is 45.3 Å². The second-order valence-electron chi connectivity index (χ2n) is 8.30. The van der Waals surface area contributed by atoms with Crippen molar-refractivity contribution >= 4 is 18.3 Å². The fourth-order valence-corrected chi connectivity index (χ4v) is 5.24. The first kappa shape index (κ1) is 22.2.